The van der Waals surface area contributed by atoms with Crippen molar-refractivity contribution in [1.29, 1.82) is 0 Å². The van der Waals surface area contributed by atoms with E-state index in [1.54, 1.807) is 7.11 Å². The van der Waals surface area contributed by atoms with E-state index in [1.165, 1.54) is 17.5 Å². The van der Waals surface area contributed by atoms with Crippen LogP contribution in [0.5, 0.6) is 0 Å². The van der Waals surface area contributed by atoms with Gasteiger partial charge in [-0.15, -0.1) is 0 Å². The van der Waals surface area contributed by atoms with Gasteiger partial charge in [0.1, 0.15) is 17.8 Å². The Bertz CT molecular complexity index is 1090. The molecule has 1 aromatic carbocycles. The first-order valence-electron chi connectivity index (χ1n) is 14.4. The number of carbonyl (C=O) groups excluding carboxylic acids is 1. The van der Waals surface area contributed by atoms with Crippen LogP contribution in [0.3, 0.4) is 0 Å². The van der Waals surface area contributed by atoms with E-state index in [1.807, 2.05) is 11.8 Å². The van der Waals surface area contributed by atoms with E-state index in [0.717, 1.165) is 50.7 Å². The molecule has 0 radical (unpaired) electrons. The molecule has 0 aliphatic carbocycles. The Hall–Kier alpha value is -2.59. The number of ether oxygens (including phenoxy) is 3. The average molecular weight is 538 g/mol. The van der Waals surface area contributed by atoms with Gasteiger partial charge in [-0.2, -0.15) is 0 Å². The molecule has 212 valence electrons. The van der Waals surface area contributed by atoms with E-state index >= 15 is 0 Å². The number of rotatable bonds is 8. The average Bonchev–Trinajstić information content (AvgIpc) is 2.97. The number of carbonyl (C=O) groups is 1. The van der Waals surface area contributed by atoms with Crippen molar-refractivity contribution in [2.75, 3.05) is 45.3 Å². The molecule has 5 rings (SSSR count). The highest BCUT2D eigenvalue weighted by molar-refractivity contribution is 5.94. The van der Waals surface area contributed by atoms with Crippen LogP contribution < -0.4 is 10.6 Å². The molecule has 39 heavy (non-hydrogen) atoms. The van der Waals surface area contributed by atoms with Crippen LogP contribution >= 0.6 is 0 Å². The van der Waals surface area contributed by atoms with E-state index in [9.17, 15) is 4.79 Å². The van der Waals surface area contributed by atoms with Crippen molar-refractivity contribution < 1.29 is 19.0 Å². The number of anilines is 1. The Kier molecular flexibility index (Phi) is 9.45. The monoisotopic (exact) mass is 537 g/mol. The van der Waals surface area contributed by atoms with Crippen molar-refractivity contribution in [3.63, 3.8) is 0 Å². The maximum absolute atomic E-state index is 13.4. The lowest BCUT2D eigenvalue weighted by atomic mass is 9.97. The Labute approximate surface area is 232 Å². The third-order valence-corrected chi connectivity index (χ3v) is 8.42. The van der Waals surface area contributed by atoms with Crippen LogP contribution in [0.25, 0.3) is 0 Å². The third kappa shape index (κ3) is 6.95. The van der Waals surface area contributed by atoms with Crippen molar-refractivity contribution in [3.8, 4) is 0 Å². The number of aryl methyl sites for hydroxylation is 1. The van der Waals surface area contributed by atoms with Gasteiger partial charge in [0.15, 0.2) is 0 Å². The standard InChI is InChI=1S/C30H43N5O4/c1-20-7-9-22(10-8-20)26-6-4-5-24(39-26)17-31-29-21(2)28(32-19-33-29)30(36)35-14-11-23(12-15-35)34-25-13-16-38-18-27(25)37-3/h7-10,19,23-27,34H,4-6,11-18H2,1-3H3,(H,31,32,33)/t24-,25+,26+,27-/m0/s1. The summed E-state index contributed by atoms with van der Waals surface area (Å²) in [5, 5.41) is 7.20. The quantitative estimate of drug-likeness (QED) is 0.525. The van der Waals surface area contributed by atoms with Crippen LogP contribution in [0, 0.1) is 13.8 Å². The molecule has 1 amide bonds. The number of likely N-dealkylation sites (tertiary alicyclic amines) is 1. The zero-order valence-electron chi connectivity index (χ0n) is 23.5. The normalized spacial score (nSPS) is 26.4. The molecule has 2 aromatic rings. The molecule has 4 heterocycles. The van der Waals surface area contributed by atoms with Gasteiger partial charge in [-0.3, -0.25) is 4.79 Å². The Morgan fingerprint density at radius 2 is 1.87 bits per heavy atom. The van der Waals surface area contributed by atoms with E-state index in [2.05, 4.69) is 51.8 Å². The summed E-state index contributed by atoms with van der Waals surface area (Å²) in [6, 6.07) is 9.30. The molecule has 9 heteroatoms. The second-order valence-electron chi connectivity index (χ2n) is 11.1. The first-order chi connectivity index (χ1) is 19.0. The van der Waals surface area contributed by atoms with Gasteiger partial charge in [0.2, 0.25) is 0 Å². The minimum atomic E-state index is -0.0226. The van der Waals surface area contributed by atoms with Crippen LogP contribution in [0.15, 0.2) is 30.6 Å². The van der Waals surface area contributed by atoms with E-state index in [4.69, 9.17) is 14.2 Å². The minimum Gasteiger partial charge on any atom is -0.379 e. The number of hydrogen-bond donors (Lipinski definition) is 2. The molecule has 0 unspecified atom stereocenters. The highest BCUT2D eigenvalue weighted by Gasteiger charge is 2.31. The topological polar surface area (TPSA) is 97.8 Å². The molecule has 2 N–H and O–H groups in total. The summed E-state index contributed by atoms with van der Waals surface area (Å²) >= 11 is 0. The lowest BCUT2D eigenvalue weighted by Gasteiger charge is -2.38. The van der Waals surface area contributed by atoms with Crippen LogP contribution in [-0.4, -0.2) is 85.0 Å². The molecule has 3 saturated heterocycles. The molecule has 3 fully saturated rings. The number of methoxy groups -OCH3 is 1. The second kappa shape index (κ2) is 13.2. The SMILES string of the molecule is CO[C@H]1COCC[C@H]1NC1CCN(C(=O)c2ncnc(NC[C@@H]3CCC[C@H](c4ccc(C)cc4)O3)c2C)CC1. The smallest absolute Gasteiger partial charge is 0.272 e. The zero-order valence-corrected chi connectivity index (χ0v) is 23.5. The molecule has 0 saturated carbocycles. The lowest BCUT2D eigenvalue weighted by molar-refractivity contribution is -0.0533. The molecule has 0 spiro atoms. The van der Waals surface area contributed by atoms with Gasteiger partial charge in [-0.1, -0.05) is 29.8 Å². The Balaban J connectivity index is 1.13. The number of aromatic nitrogens is 2. The fraction of sp³-hybridized carbons (Fsp3) is 0.633. The predicted octanol–water partition coefficient (Wildman–Crippen LogP) is 3.81. The van der Waals surface area contributed by atoms with Gasteiger partial charge in [0.05, 0.1) is 24.9 Å². The largest absolute Gasteiger partial charge is 0.379 e. The summed E-state index contributed by atoms with van der Waals surface area (Å²) in [5.41, 5.74) is 3.76. The van der Waals surface area contributed by atoms with Crippen LogP contribution in [0.4, 0.5) is 5.82 Å². The number of hydrogen-bond acceptors (Lipinski definition) is 8. The summed E-state index contributed by atoms with van der Waals surface area (Å²) in [7, 11) is 1.74. The molecule has 3 aliphatic rings. The maximum Gasteiger partial charge on any atom is 0.272 e. The summed E-state index contributed by atoms with van der Waals surface area (Å²) < 4.78 is 17.6. The first kappa shape index (κ1) is 28.0. The van der Waals surface area contributed by atoms with Crippen molar-refractivity contribution in [3.05, 3.63) is 53.0 Å². The third-order valence-electron chi connectivity index (χ3n) is 8.42. The summed E-state index contributed by atoms with van der Waals surface area (Å²) in [5.74, 6) is 0.682. The lowest BCUT2D eigenvalue weighted by Crippen LogP contribution is -2.54. The number of nitrogens with one attached hydrogen (secondary N) is 2. The summed E-state index contributed by atoms with van der Waals surface area (Å²) in [4.78, 5) is 24.2. The van der Waals surface area contributed by atoms with Gasteiger partial charge in [0.25, 0.3) is 5.91 Å². The molecular formula is C30H43N5O4. The molecule has 0 bridgehead atoms. The van der Waals surface area contributed by atoms with Crippen LogP contribution in [-0.2, 0) is 14.2 Å². The highest BCUT2D eigenvalue weighted by Crippen LogP contribution is 2.31. The van der Waals surface area contributed by atoms with Gasteiger partial charge < -0.3 is 29.7 Å². The van der Waals surface area contributed by atoms with Crippen molar-refractivity contribution in [2.24, 2.45) is 0 Å². The number of amides is 1. The highest BCUT2D eigenvalue weighted by atomic mass is 16.5. The van der Waals surface area contributed by atoms with Gasteiger partial charge in [-0.05, 0) is 57.9 Å². The van der Waals surface area contributed by atoms with Crippen molar-refractivity contribution >= 4 is 11.7 Å². The Morgan fingerprint density at radius 3 is 2.64 bits per heavy atom. The summed E-state index contributed by atoms with van der Waals surface area (Å²) in [6.07, 6.45) is 7.75. The fourth-order valence-electron chi connectivity index (χ4n) is 5.97. The number of piperidine rings is 1. The van der Waals surface area contributed by atoms with Gasteiger partial charge in [-0.25, -0.2) is 9.97 Å². The van der Waals surface area contributed by atoms with E-state index < -0.39 is 0 Å². The van der Waals surface area contributed by atoms with Gasteiger partial charge in [0, 0.05) is 51.0 Å². The van der Waals surface area contributed by atoms with Crippen LogP contribution in [0.2, 0.25) is 0 Å². The fourth-order valence-corrected chi connectivity index (χ4v) is 5.97. The molecule has 1 aromatic heterocycles. The van der Waals surface area contributed by atoms with E-state index in [0.29, 0.717) is 49.8 Å². The maximum atomic E-state index is 13.4. The minimum absolute atomic E-state index is 0.0226. The van der Waals surface area contributed by atoms with Crippen LogP contribution in [0.1, 0.15) is 71.8 Å². The van der Waals surface area contributed by atoms with Crippen molar-refractivity contribution in [2.45, 2.75) is 82.8 Å². The summed E-state index contributed by atoms with van der Waals surface area (Å²) in [6.45, 7) is 7.50. The Morgan fingerprint density at radius 1 is 1.08 bits per heavy atom. The molecule has 4 atom stereocenters. The van der Waals surface area contributed by atoms with E-state index in [-0.39, 0.29) is 24.2 Å². The molecular weight excluding hydrogens is 494 g/mol. The molecule has 9 nitrogen and oxygen atoms in total. The molecule has 3 aliphatic heterocycles. The predicted molar refractivity (Wildman–Crippen MR) is 150 cm³/mol. The number of benzene rings is 1. The number of nitrogens with zero attached hydrogens (tertiary/aromatic N) is 3. The second-order valence-corrected chi connectivity index (χ2v) is 11.1. The first-order valence-corrected chi connectivity index (χ1v) is 14.4. The zero-order chi connectivity index (χ0) is 27.2. The van der Waals surface area contributed by atoms with Gasteiger partial charge >= 0.3 is 0 Å². The van der Waals surface area contributed by atoms with Crippen molar-refractivity contribution in [1.82, 2.24) is 20.2 Å².